The van der Waals surface area contributed by atoms with Crippen LogP contribution in [0.15, 0.2) is 54.2 Å². The van der Waals surface area contributed by atoms with E-state index in [9.17, 15) is 14.4 Å². The lowest BCUT2D eigenvalue weighted by atomic mass is 9.87. The molecule has 1 aliphatic rings. The van der Waals surface area contributed by atoms with Gasteiger partial charge in [0, 0.05) is 25.1 Å². The third-order valence-electron chi connectivity index (χ3n) is 4.66. The number of methoxy groups -OCH3 is 1. The second-order valence-electron chi connectivity index (χ2n) is 6.65. The van der Waals surface area contributed by atoms with E-state index >= 15 is 0 Å². The third-order valence-corrected chi connectivity index (χ3v) is 4.66. The summed E-state index contributed by atoms with van der Waals surface area (Å²) in [6, 6.07) is 11.7. The summed E-state index contributed by atoms with van der Waals surface area (Å²) < 4.78 is 10.4. The number of hydrogen-bond acceptors (Lipinski definition) is 6. The second-order valence-corrected chi connectivity index (χ2v) is 6.65. The predicted molar refractivity (Wildman–Crippen MR) is 106 cm³/mol. The Labute approximate surface area is 168 Å². The first kappa shape index (κ1) is 20.3. The second kappa shape index (κ2) is 9.14. The standard InChI is InChI=1S/C22H22N2O5/c1-14(25)29-20-16(11-10-15-7-3-4-8-17(15)20)13-19(22(27)28-2)24-21(26)18-9-5-6-12-23-18/h3-9,12,19H,10-11,13H2,1-2H3,(H,24,26)/t19-/m1/s1. The summed E-state index contributed by atoms with van der Waals surface area (Å²) in [5, 5.41) is 2.68. The van der Waals surface area contributed by atoms with Crippen LogP contribution in [0.5, 0.6) is 0 Å². The highest BCUT2D eigenvalue weighted by atomic mass is 16.5. The van der Waals surface area contributed by atoms with Crippen molar-refractivity contribution in [3.05, 3.63) is 71.1 Å². The zero-order chi connectivity index (χ0) is 20.8. The number of benzene rings is 1. The molecule has 0 spiro atoms. The Morgan fingerprint density at radius 3 is 2.55 bits per heavy atom. The van der Waals surface area contributed by atoms with E-state index in [1.54, 1.807) is 18.2 Å². The zero-order valence-corrected chi connectivity index (χ0v) is 16.3. The Morgan fingerprint density at radius 1 is 1.10 bits per heavy atom. The molecule has 0 saturated heterocycles. The number of pyridine rings is 1. The summed E-state index contributed by atoms with van der Waals surface area (Å²) in [5.74, 6) is -1.06. The van der Waals surface area contributed by atoms with E-state index < -0.39 is 23.9 Å². The van der Waals surface area contributed by atoms with E-state index in [1.807, 2.05) is 24.3 Å². The van der Waals surface area contributed by atoms with Crippen molar-refractivity contribution in [2.24, 2.45) is 0 Å². The van der Waals surface area contributed by atoms with Gasteiger partial charge < -0.3 is 14.8 Å². The molecule has 150 valence electrons. The number of ether oxygens (including phenoxy) is 2. The van der Waals surface area contributed by atoms with Crippen molar-refractivity contribution in [2.75, 3.05) is 7.11 Å². The molecule has 0 radical (unpaired) electrons. The van der Waals surface area contributed by atoms with Crippen molar-refractivity contribution < 1.29 is 23.9 Å². The number of rotatable bonds is 6. The highest BCUT2D eigenvalue weighted by molar-refractivity contribution is 5.95. The van der Waals surface area contributed by atoms with Crippen molar-refractivity contribution >= 4 is 23.6 Å². The van der Waals surface area contributed by atoms with Gasteiger partial charge in [0.25, 0.3) is 5.91 Å². The van der Waals surface area contributed by atoms with Gasteiger partial charge in [-0.15, -0.1) is 0 Å². The predicted octanol–water partition coefficient (Wildman–Crippen LogP) is 2.66. The lowest BCUT2D eigenvalue weighted by Gasteiger charge is -2.25. The number of carbonyl (C=O) groups excluding carboxylic acids is 3. The van der Waals surface area contributed by atoms with E-state index in [1.165, 1.54) is 20.2 Å². The summed E-state index contributed by atoms with van der Waals surface area (Å²) in [5.41, 5.74) is 2.86. The van der Waals surface area contributed by atoms with Crippen LogP contribution in [0.3, 0.4) is 0 Å². The molecule has 2 aromatic rings. The molecule has 0 fully saturated rings. The summed E-state index contributed by atoms with van der Waals surface area (Å²) in [6.07, 6.45) is 3.02. The molecule has 29 heavy (non-hydrogen) atoms. The van der Waals surface area contributed by atoms with Gasteiger partial charge in [-0.25, -0.2) is 4.79 Å². The van der Waals surface area contributed by atoms with Crippen molar-refractivity contribution in [3.63, 3.8) is 0 Å². The number of carbonyl (C=O) groups is 3. The van der Waals surface area contributed by atoms with E-state index in [0.717, 1.165) is 23.1 Å². The minimum Gasteiger partial charge on any atom is -0.467 e. The van der Waals surface area contributed by atoms with Crippen LogP contribution in [-0.4, -0.2) is 36.0 Å². The first-order chi connectivity index (χ1) is 14.0. The summed E-state index contributed by atoms with van der Waals surface area (Å²) in [4.78, 5) is 40.5. The maximum Gasteiger partial charge on any atom is 0.328 e. The number of esters is 2. The van der Waals surface area contributed by atoms with Crippen LogP contribution in [0, 0.1) is 0 Å². The Morgan fingerprint density at radius 2 is 1.86 bits per heavy atom. The van der Waals surface area contributed by atoms with Crippen LogP contribution in [-0.2, 0) is 25.5 Å². The van der Waals surface area contributed by atoms with E-state index in [0.29, 0.717) is 12.2 Å². The van der Waals surface area contributed by atoms with Crippen LogP contribution in [0.2, 0.25) is 0 Å². The molecule has 1 heterocycles. The van der Waals surface area contributed by atoms with Gasteiger partial charge in [-0.1, -0.05) is 30.3 Å². The first-order valence-corrected chi connectivity index (χ1v) is 9.28. The highest BCUT2D eigenvalue weighted by Crippen LogP contribution is 2.34. The average molecular weight is 394 g/mol. The molecule has 0 bridgehead atoms. The zero-order valence-electron chi connectivity index (χ0n) is 16.3. The fraction of sp³-hybridized carbons (Fsp3) is 0.273. The number of aromatic nitrogens is 1. The van der Waals surface area contributed by atoms with Crippen molar-refractivity contribution in [1.82, 2.24) is 10.3 Å². The van der Waals surface area contributed by atoms with Crippen LogP contribution in [0.25, 0.3) is 5.76 Å². The van der Waals surface area contributed by atoms with Gasteiger partial charge in [0.05, 0.1) is 7.11 Å². The molecule has 1 aromatic carbocycles. The summed E-state index contributed by atoms with van der Waals surface area (Å²) in [7, 11) is 1.26. The Hall–Kier alpha value is -3.48. The lowest BCUT2D eigenvalue weighted by Crippen LogP contribution is -2.42. The van der Waals surface area contributed by atoms with E-state index in [2.05, 4.69) is 10.3 Å². The van der Waals surface area contributed by atoms with E-state index in [4.69, 9.17) is 9.47 Å². The number of nitrogens with one attached hydrogen (secondary N) is 1. The molecule has 7 heteroatoms. The molecule has 1 atom stereocenters. The topological polar surface area (TPSA) is 94.6 Å². The molecule has 1 aromatic heterocycles. The normalized spacial score (nSPS) is 13.9. The van der Waals surface area contributed by atoms with Crippen LogP contribution in [0.1, 0.15) is 41.4 Å². The van der Waals surface area contributed by atoms with Gasteiger partial charge in [-0.2, -0.15) is 0 Å². The molecule has 0 saturated carbocycles. The van der Waals surface area contributed by atoms with Gasteiger partial charge in [0.2, 0.25) is 0 Å². The van der Waals surface area contributed by atoms with Crippen molar-refractivity contribution in [3.8, 4) is 0 Å². The van der Waals surface area contributed by atoms with Crippen LogP contribution >= 0.6 is 0 Å². The Kier molecular flexibility index (Phi) is 6.39. The van der Waals surface area contributed by atoms with Gasteiger partial charge in [0.15, 0.2) is 0 Å². The number of hydrogen-bond donors (Lipinski definition) is 1. The fourth-order valence-electron chi connectivity index (χ4n) is 3.33. The van der Waals surface area contributed by atoms with Crippen LogP contribution in [0.4, 0.5) is 0 Å². The van der Waals surface area contributed by atoms with Crippen molar-refractivity contribution in [1.29, 1.82) is 0 Å². The minimum absolute atomic E-state index is 0.169. The van der Waals surface area contributed by atoms with Crippen molar-refractivity contribution in [2.45, 2.75) is 32.2 Å². The Balaban J connectivity index is 1.90. The molecular formula is C22H22N2O5. The van der Waals surface area contributed by atoms with Gasteiger partial charge in [-0.3, -0.25) is 14.6 Å². The first-order valence-electron chi connectivity index (χ1n) is 9.28. The minimum atomic E-state index is -0.930. The largest absolute Gasteiger partial charge is 0.467 e. The SMILES string of the molecule is COC(=O)[C@@H](CC1=C(OC(C)=O)c2ccccc2CC1)NC(=O)c1ccccn1. The molecule has 1 amide bonds. The van der Waals surface area contributed by atoms with Gasteiger partial charge in [0.1, 0.15) is 17.5 Å². The number of nitrogens with zero attached hydrogens (tertiary/aromatic N) is 1. The average Bonchev–Trinajstić information content (AvgIpc) is 2.74. The fourth-order valence-corrected chi connectivity index (χ4v) is 3.33. The summed E-state index contributed by atoms with van der Waals surface area (Å²) in [6.45, 7) is 1.34. The van der Waals surface area contributed by atoms with Gasteiger partial charge in [-0.05, 0) is 36.1 Å². The number of aryl methyl sites for hydroxylation is 1. The van der Waals surface area contributed by atoms with Gasteiger partial charge >= 0.3 is 11.9 Å². The molecule has 0 aliphatic heterocycles. The molecule has 7 nitrogen and oxygen atoms in total. The number of fused-ring (bicyclic) bond motifs is 1. The molecule has 0 unspecified atom stereocenters. The van der Waals surface area contributed by atoms with E-state index in [-0.39, 0.29) is 12.1 Å². The maximum absolute atomic E-state index is 12.5. The monoisotopic (exact) mass is 394 g/mol. The van der Waals surface area contributed by atoms with Crippen LogP contribution < -0.4 is 5.32 Å². The number of amides is 1. The maximum atomic E-state index is 12.5. The molecule has 1 aliphatic carbocycles. The highest BCUT2D eigenvalue weighted by Gasteiger charge is 2.29. The quantitative estimate of drug-likeness (QED) is 0.757. The molecule has 3 rings (SSSR count). The molecule has 1 N–H and O–H groups in total. The third kappa shape index (κ3) is 4.87. The lowest BCUT2D eigenvalue weighted by molar-refractivity contribution is -0.142. The smallest absolute Gasteiger partial charge is 0.328 e. The summed E-state index contributed by atoms with van der Waals surface area (Å²) >= 11 is 0. The molecular weight excluding hydrogens is 372 g/mol. The Bertz CT molecular complexity index is 953.